The van der Waals surface area contributed by atoms with Crippen LogP contribution in [-0.2, 0) is 12.6 Å². The lowest BCUT2D eigenvalue weighted by molar-refractivity contribution is -0.141. The van der Waals surface area contributed by atoms with Crippen molar-refractivity contribution in [2.45, 2.75) is 19.5 Å². The third-order valence-corrected chi connectivity index (χ3v) is 3.50. The first kappa shape index (κ1) is 17.2. The molecule has 0 saturated carbocycles. The van der Waals surface area contributed by atoms with Crippen molar-refractivity contribution in [3.8, 4) is 11.3 Å². The van der Waals surface area contributed by atoms with Crippen LogP contribution < -0.4 is 5.32 Å². The Balaban J connectivity index is 2.02. The van der Waals surface area contributed by atoms with E-state index < -0.39 is 11.9 Å². The molecule has 2 N–H and O–H groups in total. The molecule has 0 aliphatic rings. The van der Waals surface area contributed by atoms with E-state index in [2.05, 4.69) is 30.5 Å². The maximum Gasteiger partial charge on any atom is 0.433 e. The smallest absolute Gasteiger partial charge is 0.291 e. The van der Waals surface area contributed by atoms with E-state index in [0.717, 1.165) is 6.07 Å². The first-order chi connectivity index (χ1) is 11.8. The minimum absolute atomic E-state index is 0.0956. The Bertz CT molecular complexity index is 876. The second-order valence-electron chi connectivity index (χ2n) is 5.05. The van der Waals surface area contributed by atoms with Crippen molar-refractivity contribution < 1.29 is 13.2 Å². The van der Waals surface area contributed by atoms with Gasteiger partial charge in [0.05, 0.1) is 5.69 Å². The van der Waals surface area contributed by atoms with Gasteiger partial charge in [0, 0.05) is 17.0 Å². The van der Waals surface area contributed by atoms with Gasteiger partial charge in [-0.3, -0.25) is 10.4 Å². The summed E-state index contributed by atoms with van der Waals surface area (Å²) in [6, 6.07) is 7.18. The molecule has 0 aliphatic carbocycles. The Morgan fingerprint density at radius 3 is 2.40 bits per heavy atom. The fourth-order valence-corrected chi connectivity index (χ4v) is 2.15. The van der Waals surface area contributed by atoms with Crippen LogP contribution in [0.1, 0.15) is 18.4 Å². The number of rotatable bonds is 4. The number of nitrogens with one attached hydrogen (secondary N) is 2. The zero-order valence-electron chi connectivity index (χ0n) is 12.9. The predicted octanol–water partition coefficient (Wildman–Crippen LogP) is 4.24. The normalized spacial score (nSPS) is 11.6. The molecule has 0 unspecified atom stereocenters. The number of alkyl halides is 3. The van der Waals surface area contributed by atoms with E-state index in [1.807, 2.05) is 6.92 Å². The maximum absolute atomic E-state index is 13.1. The quantitative estimate of drug-likeness (QED) is 0.720. The van der Waals surface area contributed by atoms with Crippen molar-refractivity contribution >= 4 is 23.5 Å². The zero-order valence-corrected chi connectivity index (χ0v) is 13.7. The fourth-order valence-electron chi connectivity index (χ4n) is 2.03. The van der Waals surface area contributed by atoms with Gasteiger partial charge in [-0.2, -0.15) is 18.2 Å². The van der Waals surface area contributed by atoms with Crippen molar-refractivity contribution in [2.75, 3.05) is 5.32 Å². The molecular weight excluding hydrogens is 357 g/mol. The van der Waals surface area contributed by atoms with Crippen molar-refractivity contribution in [3.63, 3.8) is 0 Å². The first-order valence-electron chi connectivity index (χ1n) is 7.25. The molecule has 3 rings (SSSR count). The lowest BCUT2D eigenvalue weighted by Crippen LogP contribution is -2.11. The van der Waals surface area contributed by atoms with E-state index in [4.69, 9.17) is 11.6 Å². The van der Waals surface area contributed by atoms with Crippen LogP contribution in [0.15, 0.2) is 30.3 Å². The van der Waals surface area contributed by atoms with Crippen molar-refractivity contribution in [3.05, 3.63) is 46.9 Å². The molecule has 130 valence electrons. The van der Waals surface area contributed by atoms with Crippen molar-refractivity contribution in [1.29, 1.82) is 0 Å². The fraction of sp³-hybridized carbons (Fsp3) is 0.200. The molecule has 2 aromatic heterocycles. The second-order valence-corrected chi connectivity index (χ2v) is 5.49. The number of aryl methyl sites for hydroxylation is 1. The van der Waals surface area contributed by atoms with E-state index in [9.17, 15) is 13.2 Å². The number of nitrogens with zero attached hydrogens (tertiary/aromatic N) is 4. The molecule has 2 heterocycles. The number of aromatic nitrogens is 5. The number of halogens is 4. The Hall–Kier alpha value is -2.68. The van der Waals surface area contributed by atoms with Gasteiger partial charge in [0.15, 0.2) is 5.69 Å². The number of aromatic amines is 1. The summed E-state index contributed by atoms with van der Waals surface area (Å²) in [5, 5.41) is 9.58. The predicted molar refractivity (Wildman–Crippen MR) is 86.5 cm³/mol. The number of hydrogen-bond acceptors (Lipinski definition) is 5. The molecule has 0 bridgehead atoms. The van der Waals surface area contributed by atoms with Gasteiger partial charge >= 0.3 is 6.18 Å². The van der Waals surface area contributed by atoms with Crippen molar-refractivity contribution in [1.82, 2.24) is 25.1 Å². The summed E-state index contributed by atoms with van der Waals surface area (Å²) < 4.78 is 39.4. The van der Waals surface area contributed by atoms with Gasteiger partial charge in [-0.05, 0) is 18.2 Å². The SMILES string of the molecule is CCc1nc(Nc2nc(-c3ccc(Cl)cc3)cc(C(F)(F)F)n2)n[nH]1. The molecule has 0 amide bonds. The lowest BCUT2D eigenvalue weighted by Gasteiger charge is -2.10. The minimum atomic E-state index is -4.62. The van der Waals surface area contributed by atoms with Crippen LogP contribution in [0.25, 0.3) is 11.3 Å². The van der Waals surface area contributed by atoms with Gasteiger partial charge in [0.25, 0.3) is 0 Å². The highest BCUT2D eigenvalue weighted by molar-refractivity contribution is 6.30. The van der Waals surface area contributed by atoms with Crippen LogP contribution >= 0.6 is 11.6 Å². The molecule has 1 aromatic carbocycles. The highest BCUT2D eigenvalue weighted by Crippen LogP contribution is 2.31. The Morgan fingerprint density at radius 1 is 1.08 bits per heavy atom. The third-order valence-electron chi connectivity index (χ3n) is 3.25. The number of hydrogen-bond donors (Lipinski definition) is 2. The van der Waals surface area contributed by atoms with Crippen LogP contribution in [0.5, 0.6) is 0 Å². The highest BCUT2D eigenvalue weighted by Gasteiger charge is 2.34. The van der Waals surface area contributed by atoms with E-state index >= 15 is 0 Å². The average Bonchev–Trinajstić information content (AvgIpc) is 3.02. The van der Waals surface area contributed by atoms with Crippen molar-refractivity contribution in [2.24, 2.45) is 0 Å². The topological polar surface area (TPSA) is 79.4 Å². The Labute approximate surface area is 145 Å². The lowest BCUT2D eigenvalue weighted by atomic mass is 10.1. The van der Waals surface area contributed by atoms with E-state index in [1.54, 1.807) is 24.3 Å². The molecule has 0 spiro atoms. The van der Waals surface area contributed by atoms with Gasteiger partial charge in [-0.25, -0.2) is 9.97 Å². The molecule has 6 nitrogen and oxygen atoms in total. The molecule has 25 heavy (non-hydrogen) atoms. The Morgan fingerprint density at radius 2 is 1.80 bits per heavy atom. The largest absolute Gasteiger partial charge is 0.433 e. The first-order valence-corrected chi connectivity index (χ1v) is 7.63. The minimum Gasteiger partial charge on any atom is -0.291 e. The molecule has 0 atom stereocenters. The summed E-state index contributed by atoms with van der Waals surface area (Å²) in [4.78, 5) is 11.7. The van der Waals surface area contributed by atoms with Gasteiger partial charge in [-0.15, -0.1) is 5.10 Å². The number of benzene rings is 1. The maximum atomic E-state index is 13.1. The van der Waals surface area contributed by atoms with Gasteiger partial charge in [-0.1, -0.05) is 30.7 Å². The molecule has 10 heteroatoms. The van der Waals surface area contributed by atoms with E-state index in [0.29, 0.717) is 22.8 Å². The van der Waals surface area contributed by atoms with Crippen LogP contribution in [0.4, 0.5) is 25.1 Å². The summed E-state index contributed by atoms with van der Waals surface area (Å²) >= 11 is 5.81. The second kappa shape index (κ2) is 6.67. The molecule has 0 aliphatic heterocycles. The van der Waals surface area contributed by atoms with Crippen LogP contribution in [-0.4, -0.2) is 25.1 Å². The van der Waals surface area contributed by atoms with Crippen LogP contribution in [0, 0.1) is 0 Å². The summed E-state index contributed by atoms with van der Waals surface area (Å²) in [7, 11) is 0. The van der Waals surface area contributed by atoms with E-state index in [1.165, 1.54) is 0 Å². The standard InChI is InChI=1S/C15H12ClF3N6/c1-2-12-22-14(25-24-12)23-13-20-10(7-11(21-13)15(17,18)19)8-3-5-9(16)6-4-8/h3-7H,2H2,1H3,(H2,20,21,22,23,24,25). The van der Waals surface area contributed by atoms with Gasteiger partial charge in [0.1, 0.15) is 5.82 Å². The molecule has 0 saturated heterocycles. The third kappa shape index (κ3) is 4.05. The summed E-state index contributed by atoms with van der Waals surface area (Å²) in [5.74, 6) is 0.437. The average molecular weight is 369 g/mol. The van der Waals surface area contributed by atoms with Crippen LogP contribution in [0.3, 0.4) is 0 Å². The van der Waals surface area contributed by atoms with E-state index in [-0.39, 0.29) is 17.6 Å². The summed E-state index contributed by atoms with van der Waals surface area (Å²) in [6.45, 7) is 1.86. The Kier molecular flexibility index (Phi) is 4.58. The number of anilines is 2. The molecule has 0 radical (unpaired) electrons. The van der Waals surface area contributed by atoms with Crippen LogP contribution in [0.2, 0.25) is 5.02 Å². The highest BCUT2D eigenvalue weighted by atomic mass is 35.5. The molecule has 3 aromatic rings. The number of H-pyrrole nitrogens is 1. The monoisotopic (exact) mass is 368 g/mol. The van der Waals surface area contributed by atoms with Gasteiger partial charge in [0.2, 0.25) is 11.9 Å². The molecular formula is C15H12ClF3N6. The molecule has 0 fully saturated rings. The summed E-state index contributed by atoms with van der Waals surface area (Å²) in [6.07, 6.45) is -4.01. The van der Waals surface area contributed by atoms with Gasteiger partial charge < -0.3 is 0 Å². The zero-order chi connectivity index (χ0) is 18.0. The summed E-state index contributed by atoms with van der Waals surface area (Å²) in [5.41, 5.74) is -0.487.